The van der Waals surface area contributed by atoms with E-state index in [0.29, 0.717) is 15.2 Å². The molecule has 0 radical (unpaired) electrons. The summed E-state index contributed by atoms with van der Waals surface area (Å²) in [6.07, 6.45) is 1.65. The number of halogens is 2. The van der Waals surface area contributed by atoms with E-state index in [1.165, 1.54) is 11.3 Å². The number of aromatic amines is 1. The van der Waals surface area contributed by atoms with Gasteiger partial charge < -0.3 is 4.98 Å². The minimum Gasteiger partial charge on any atom is -0.305 e. The summed E-state index contributed by atoms with van der Waals surface area (Å²) in [6, 6.07) is 10.8. The van der Waals surface area contributed by atoms with Crippen LogP contribution in [0.25, 0.3) is 22.6 Å². The number of hydrogen-bond acceptors (Lipinski definition) is 4. The van der Waals surface area contributed by atoms with Crippen LogP contribution in [0.1, 0.15) is 10.7 Å². The van der Waals surface area contributed by atoms with Gasteiger partial charge in [-0.1, -0.05) is 27.5 Å². The summed E-state index contributed by atoms with van der Waals surface area (Å²) in [5.41, 5.74) is 0.527. The third-order valence-electron chi connectivity index (χ3n) is 2.92. The van der Waals surface area contributed by atoms with Gasteiger partial charge in [0.15, 0.2) is 5.82 Å². The number of nitrogens with one attached hydrogen (secondary N) is 1. The van der Waals surface area contributed by atoms with Crippen molar-refractivity contribution < 1.29 is 0 Å². The van der Waals surface area contributed by atoms with Crippen LogP contribution in [0.5, 0.6) is 0 Å². The summed E-state index contributed by atoms with van der Waals surface area (Å²) >= 11 is 10.5. The summed E-state index contributed by atoms with van der Waals surface area (Å²) in [5.74, 6) is 0.242. The van der Waals surface area contributed by atoms with Gasteiger partial charge in [0.2, 0.25) is 0 Å². The maximum atomic E-state index is 12.2. The van der Waals surface area contributed by atoms with Gasteiger partial charge in [0.1, 0.15) is 6.07 Å². The predicted molar refractivity (Wildman–Crippen MR) is 92.9 cm³/mol. The Balaban J connectivity index is 2.16. The van der Waals surface area contributed by atoms with E-state index in [4.69, 9.17) is 11.6 Å². The number of allylic oxidation sites excluding steroid dienone is 1. The average Bonchev–Trinajstić information content (AvgIpc) is 2.90. The van der Waals surface area contributed by atoms with Crippen LogP contribution in [0.3, 0.4) is 0 Å². The maximum Gasteiger partial charge on any atom is 0.259 e. The lowest BCUT2D eigenvalue weighted by atomic mass is 10.2. The van der Waals surface area contributed by atoms with Crippen molar-refractivity contribution in [3.63, 3.8) is 0 Å². The smallest absolute Gasteiger partial charge is 0.259 e. The molecule has 2 heterocycles. The van der Waals surface area contributed by atoms with Crippen molar-refractivity contribution in [2.24, 2.45) is 0 Å². The minimum absolute atomic E-state index is 0.242. The first-order valence-corrected chi connectivity index (χ1v) is 8.12. The molecule has 4 nitrogen and oxygen atoms in total. The highest BCUT2D eigenvalue weighted by Gasteiger charge is 2.09. The second-order valence-corrected chi connectivity index (χ2v) is 7.05. The van der Waals surface area contributed by atoms with Crippen molar-refractivity contribution in [3.05, 3.63) is 60.2 Å². The molecule has 0 aliphatic heterocycles. The van der Waals surface area contributed by atoms with Crippen LogP contribution < -0.4 is 5.56 Å². The molecule has 0 aliphatic carbocycles. The zero-order chi connectivity index (χ0) is 15.7. The molecule has 0 saturated heterocycles. The number of benzene rings is 1. The van der Waals surface area contributed by atoms with Crippen molar-refractivity contribution in [3.8, 4) is 6.07 Å². The van der Waals surface area contributed by atoms with Crippen molar-refractivity contribution >= 4 is 61.4 Å². The highest BCUT2D eigenvalue weighted by atomic mass is 79.9. The number of rotatable bonds is 2. The zero-order valence-corrected chi connectivity index (χ0v) is 14.1. The number of nitrogens with zero attached hydrogens (tertiary/aromatic N) is 2. The normalized spacial score (nSPS) is 11.6. The number of nitriles is 1. The topological polar surface area (TPSA) is 69.5 Å². The number of thiophene rings is 1. The summed E-state index contributed by atoms with van der Waals surface area (Å²) < 4.78 is 1.43. The highest BCUT2D eigenvalue weighted by molar-refractivity contribution is 9.10. The molecule has 0 saturated carbocycles. The number of H-pyrrole nitrogens is 1. The Hall–Kier alpha value is -1.94. The fourth-order valence-corrected chi connectivity index (χ4v) is 3.31. The predicted octanol–water partition coefficient (Wildman–Crippen LogP) is 4.46. The maximum absolute atomic E-state index is 12.2. The quantitative estimate of drug-likeness (QED) is 0.654. The first-order chi connectivity index (χ1) is 10.6. The van der Waals surface area contributed by atoms with Crippen LogP contribution in [-0.2, 0) is 0 Å². The lowest BCUT2D eigenvalue weighted by Crippen LogP contribution is -2.11. The average molecular weight is 393 g/mol. The van der Waals surface area contributed by atoms with E-state index in [-0.39, 0.29) is 17.0 Å². The minimum atomic E-state index is -0.285. The number of fused-ring (bicyclic) bond motifs is 1. The lowest BCUT2D eigenvalue weighted by Gasteiger charge is -2.02. The Kier molecular flexibility index (Phi) is 4.12. The molecular weight excluding hydrogens is 386 g/mol. The summed E-state index contributed by atoms with van der Waals surface area (Å²) in [4.78, 5) is 20.0. The molecule has 22 heavy (non-hydrogen) atoms. The van der Waals surface area contributed by atoms with Crippen LogP contribution in [-0.4, -0.2) is 9.97 Å². The number of aromatic nitrogens is 2. The third-order valence-corrected chi connectivity index (χ3v) is 4.59. The van der Waals surface area contributed by atoms with Crippen molar-refractivity contribution in [1.82, 2.24) is 9.97 Å². The van der Waals surface area contributed by atoms with Gasteiger partial charge in [0.05, 0.1) is 20.8 Å². The molecule has 0 aliphatic rings. The third kappa shape index (κ3) is 2.97. The Bertz CT molecular complexity index is 1000. The molecule has 3 aromatic rings. The van der Waals surface area contributed by atoms with Crippen LogP contribution in [0, 0.1) is 11.3 Å². The van der Waals surface area contributed by atoms with E-state index in [2.05, 4.69) is 32.0 Å². The highest BCUT2D eigenvalue weighted by Crippen LogP contribution is 2.25. The van der Waals surface area contributed by atoms with Crippen molar-refractivity contribution in [2.45, 2.75) is 0 Å². The fourth-order valence-electron chi connectivity index (χ4n) is 1.94. The first kappa shape index (κ1) is 15.0. The largest absolute Gasteiger partial charge is 0.305 e. The second-order valence-electron chi connectivity index (χ2n) is 4.39. The molecular formula is C15H7BrClN3OS. The first-order valence-electron chi connectivity index (χ1n) is 6.14. The van der Waals surface area contributed by atoms with Gasteiger partial charge in [-0.2, -0.15) is 5.26 Å². The van der Waals surface area contributed by atoms with E-state index in [1.54, 1.807) is 36.4 Å². The van der Waals surface area contributed by atoms with Gasteiger partial charge in [0.25, 0.3) is 5.56 Å². The van der Waals surface area contributed by atoms with Crippen LogP contribution in [0.2, 0.25) is 4.34 Å². The Morgan fingerprint density at radius 2 is 2.23 bits per heavy atom. The van der Waals surface area contributed by atoms with Gasteiger partial charge in [-0.3, -0.25) is 4.79 Å². The van der Waals surface area contributed by atoms with E-state index in [0.717, 1.165) is 9.35 Å². The molecule has 0 bridgehead atoms. The van der Waals surface area contributed by atoms with Crippen LogP contribution in [0.4, 0.5) is 0 Å². The van der Waals surface area contributed by atoms with Gasteiger partial charge in [-0.15, -0.1) is 11.3 Å². The zero-order valence-electron chi connectivity index (χ0n) is 10.9. The SMILES string of the molecule is N#C/C(=C/c1ccc(Cl)s1)c1nc2ccc(Br)cc2c(=O)[nH]1. The van der Waals surface area contributed by atoms with Gasteiger partial charge in [-0.05, 0) is 36.4 Å². The molecule has 0 unspecified atom stereocenters. The van der Waals surface area contributed by atoms with Crippen molar-refractivity contribution in [1.29, 1.82) is 5.26 Å². The molecule has 0 atom stereocenters. The molecule has 7 heteroatoms. The molecule has 0 amide bonds. The van der Waals surface area contributed by atoms with Gasteiger partial charge in [-0.25, -0.2) is 4.98 Å². The standard InChI is InChI=1S/C15H7BrClN3OS/c16-9-1-3-12-11(6-9)15(21)20-14(19-12)8(7-18)5-10-2-4-13(17)22-10/h1-6H,(H,19,20,21)/b8-5-. The fraction of sp³-hybridized carbons (Fsp3) is 0. The van der Waals surface area contributed by atoms with Crippen molar-refractivity contribution in [2.75, 3.05) is 0 Å². The van der Waals surface area contributed by atoms with Gasteiger partial charge >= 0.3 is 0 Å². The van der Waals surface area contributed by atoms with E-state index >= 15 is 0 Å². The van der Waals surface area contributed by atoms with Gasteiger partial charge in [0, 0.05) is 9.35 Å². The molecule has 3 rings (SSSR count). The molecule has 1 aromatic carbocycles. The van der Waals surface area contributed by atoms with Crippen LogP contribution >= 0.6 is 38.9 Å². The second kappa shape index (κ2) is 6.05. The molecule has 1 N–H and O–H groups in total. The summed E-state index contributed by atoms with van der Waals surface area (Å²) in [6.45, 7) is 0. The Morgan fingerprint density at radius 1 is 1.41 bits per heavy atom. The molecule has 0 fully saturated rings. The summed E-state index contributed by atoms with van der Waals surface area (Å²) in [7, 11) is 0. The molecule has 0 spiro atoms. The summed E-state index contributed by atoms with van der Waals surface area (Å²) in [5, 5.41) is 9.81. The van der Waals surface area contributed by atoms with E-state index < -0.39 is 0 Å². The number of hydrogen-bond donors (Lipinski definition) is 1. The van der Waals surface area contributed by atoms with E-state index in [1.807, 2.05) is 0 Å². The van der Waals surface area contributed by atoms with E-state index in [9.17, 15) is 10.1 Å². The Labute approximate surface area is 142 Å². The Morgan fingerprint density at radius 3 is 2.91 bits per heavy atom. The monoisotopic (exact) mass is 391 g/mol. The molecule has 2 aromatic heterocycles. The molecule has 108 valence electrons. The lowest BCUT2D eigenvalue weighted by molar-refractivity contribution is 1.13. The van der Waals surface area contributed by atoms with Crippen LogP contribution in [0.15, 0.2) is 39.6 Å².